The number of aromatic nitrogens is 1. The molecule has 0 atom stereocenters. The van der Waals surface area contributed by atoms with Crippen LogP contribution in [0, 0.1) is 5.82 Å². The molecule has 0 bridgehead atoms. The van der Waals surface area contributed by atoms with E-state index in [9.17, 15) is 4.39 Å². The highest BCUT2D eigenvalue weighted by molar-refractivity contribution is 5.16. The summed E-state index contributed by atoms with van der Waals surface area (Å²) < 4.78 is 13.2. The van der Waals surface area contributed by atoms with Crippen LogP contribution in [0.3, 0.4) is 0 Å². The van der Waals surface area contributed by atoms with Crippen LogP contribution in [0.1, 0.15) is 24.5 Å². The van der Waals surface area contributed by atoms with Crippen LogP contribution in [0.4, 0.5) is 4.39 Å². The van der Waals surface area contributed by atoms with Crippen molar-refractivity contribution < 1.29 is 4.39 Å². The minimum atomic E-state index is -0.148. The Morgan fingerprint density at radius 1 is 1.00 bits per heavy atom. The summed E-state index contributed by atoms with van der Waals surface area (Å²) in [5, 5.41) is 0. The second kappa shape index (κ2) is 8.53. The van der Waals surface area contributed by atoms with Gasteiger partial charge in [0.15, 0.2) is 0 Å². The molecule has 0 aliphatic rings. The van der Waals surface area contributed by atoms with Crippen LogP contribution in [0.2, 0.25) is 0 Å². The number of hydrogen-bond donors (Lipinski definition) is 0. The average molecular weight is 286 g/mol. The van der Waals surface area contributed by atoms with Gasteiger partial charge in [0.2, 0.25) is 0 Å². The Bertz CT molecular complexity index is 528. The van der Waals surface area contributed by atoms with Crippen LogP contribution in [-0.4, -0.2) is 29.5 Å². The molecule has 0 saturated carbocycles. The molecule has 0 aliphatic carbocycles. The van der Waals surface area contributed by atoms with E-state index < -0.39 is 0 Å². The minimum Gasteiger partial charge on any atom is -0.303 e. The van der Waals surface area contributed by atoms with Gasteiger partial charge in [0.1, 0.15) is 5.82 Å². The van der Waals surface area contributed by atoms with Gasteiger partial charge in [0.25, 0.3) is 0 Å². The maximum Gasteiger partial charge on any atom is 0.123 e. The minimum absolute atomic E-state index is 0.148. The molecule has 1 aromatic carbocycles. The van der Waals surface area contributed by atoms with E-state index >= 15 is 0 Å². The number of hydrogen-bond acceptors (Lipinski definition) is 2. The third kappa shape index (κ3) is 5.64. The average Bonchev–Trinajstić information content (AvgIpc) is 2.51. The third-order valence-corrected chi connectivity index (χ3v) is 3.59. The Labute approximate surface area is 126 Å². The van der Waals surface area contributed by atoms with E-state index in [1.165, 1.54) is 11.6 Å². The number of nitrogens with zero attached hydrogens (tertiary/aromatic N) is 2. The second-order valence-electron chi connectivity index (χ2n) is 5.33. The Morgan fingerprint density at radius 2 is 1.76 bits per heavy atom. The summed E-state index contributed by atoms with van der Waals surface area (Å²) in [5.74, 6) is -0.148. The first-order valence-corrected chi connectivity index (χ1v) is 7.63. The van der Waals surface area contributed by atoms with E-state index in [1.54, 1.807) is 18.3 Å². The quantitative estimate of drug-likeness (QED) is 0.735. The lowest BCUT2D eigenvalue weighted by atomic mass is 10.1. The van der Waals surface area contributed by atoms with Crippen LogP contribution in [0.25, 0.3) is 0 Å². The lowest BCUT2D eigenvalue weighted by Crippen LogP contribution is -2.29. The van der Waals surface area contributed by atoms with E-state index in [0.29, 0.717) is 0 Å². The molecule has 1 heterocycles. The predicted molar refractivity (Wildman–Crippen MR) is 84.8 cm³/mol. The Balaban J connectivity index is 1.84. The van der Waals surface area contributed by atoms with Gasteiger partial charge in [-0.3, -0.25) is 4.98 Å². The second-order valence-corrected chi connectivity index (χ2v) is 5.33. The van der Waals surface area contributed by atoms with Crippen molar-refractivity contribution in [1.82, 2.24) is 9.88 Å². The Kier molecular flexibility index (Phi) is 6.35. The first-order chi connectivity index (χ1) is 10.3. The van der Waals surface area contributed by atoms with Gasteiger partial charge in [-0.15, -0.1) is 0 Å². The molecule has 2 nitrogen and oxygen atoms in total. The van der Waals surface area contributed by atoms with Gasteiger partial charge >= 0.3 is 0 Å². The lowest BCUT2D eigenvalue weighted by Gasteiger charge is -2.21. The van der Waals surface area contributed by atoms with E-state index in [4.69, 9.17) is 0 Å². The lowest BCUT2D eigenvalue weighted by molar-refractivity contribution is 0.281. The van der Waals surface area contributed by atoms with E-state index in [0.717, 1.165) is 44.5 Å². The third-order valence-electron chi connectivity index (χ3n) is 3.59. The van der Waals surface area contributed by atoms with Crippen LogP contribution < -0.4 is 0 Å². The van der Waals surface area contributed by atoms with Gasteiger partial charge in [-0.2, -0.15) is 0 Å². The van der Waals surface area contributed by atoms with Crippen molar-refractivity contribution in [3.63, 3.8) is 0 Å². The molecule has 0 spiro atoms. The van der Waals surface area contributed by atoms with Crippen molar-refractivity contribution in [3.8, 4) is 0 Å². The first-order valence-electron chi connectivity index (χ1n) is 7.63. The maximum atomic E-state index is 13.2. The predicted octanol–water partition coefficient (Wildman–Crippen LogP) is 3.72. The monoisotopic (exact) mass is 286 g/mol. The fraction of sp³-hybridized carbons (Fsp3) is 0.389. The molecule has 0 unspecified atom stereocenters. The fourth-order valence-corrected chi connectivity index (χ4v) is 2.46. The zero-order chi connectivity index (χ0) is 14.9. The number of benzene rings is 1. The van der Waals surface area contributed by atoms with Crippen LogP contribution in [-0.2, 0) is 12.8 Å². The Hall–Kier alpha value is -1.74. The molecule has 1 aromatic heterocycles. The van der Waals surface area contributed by atoms with Crippen LogP contribution in [0.5, 0.6) is 0 Å². The number of pyridine rings is 1. The molecule has 0 saturated heterocycles. The highest BCUT2D eigenvalue weighted by Gasteiger charge is 2.05. The zero-order valence-corrected chi connectivity index (χ0v) is 12.6. The summed E-state index contributed by atoms with van der Waals surface area (Å²) in [4.78, 5) is 6.59. The maximum absolute atomic E-state index is 13.2. The van der Waals surface area contributed by atoms with E-state index in [2.05, 4.69) is 22.9 Å². The number of rotatable bonds is 8. The van der Waals surface area contributed by atoms with Crippen LogP contribution >= 0.6 is 0 Å². The van der Waals surface area contributed by atoms with Gasteiger partial charge in [0.05, 0.1) is 0 Å². The van der Waals surface area contributed by atoms with Crippen LogP contribution in [0.15, 0.2) is 48.8 Å². The summed E-state index contributed by atoms with van der Waals surface area (Å²) in [6.07, 6.45) is 6.77. The van der Waals surface area contributed by atoms with E-state index in [-0.39, 0.29) is 5.82 Å². The standard InChI is InChI=1S/C18H23FN2/c1-2-11-21(13-9-17-6-4-10-20-15-17)12-8-16-5-3-7-18(19)14-16/h3-7,10,14-15H,2,8-9,11-13H2,1H3. The van der Waals surface area contributed by atoms with Crippen molar-refractivity contribution in [3.05, 3.63) is 65.7 Å². The normalized spacial score (nSPS) is 11.0. The largest absolute Gasteiger partial charge is 0.303 e. The number of halogens is 1. The molecule has 2 aromatic rings. The molecule has 0 N–H and O–H groups in total. The molecule has 0 radical (unpaired) electrons. The Morgan fingerprint density at radius 3 is 2.43 bits per heavy atom. The van der Waals surface area contributed by atoms with Gasteiger partial charge in [-0.05, 0) is 55.1 Å². The summed E-state index contributed by atoms with van der Waals surface area (Å²) in [6.45, 7) is 5.27. The summed E-state index contributed by atoms with van der Waals surface area (Å²) >= 11 is 0. The molecule has 0 fully saturated rings. The van der Waals surface area contributed by atoms with Crippen molar-refractivity contribution in [1.29, 1.82) is 0 Å². The molecule has 0 aliphatic heterocycles. The highest BCUT2D eigenvalue weighted by atomic mass is 19.1. The molecular weight excluding hydrogens is 263 g/mol. The van der Waals surface area contributed by atoms with Gasteiger partial charge in [-0.25, -0.2) is 4.39 Å². The van der Waals surface area contributed by atoms with Gasteiger partial charge in [-0.1, -0.05) is 25.1 Å². The SMILES string of the molecule is CCCN(CCc1cccnc1)CCc1cccc(F)c1. The molecule has 112 valence electrons. The highest BCUT2D eigenvalue weighted by Crippen LogP contribution is 2.07. The molecular formula is C18H23FN2. The molecule has 3 heteroatoms. The zero-order valence-electron chi connectivity index (χ0n) is 12.6. The molecule has 2 rings (SSSR count). The van der Waals surface area contributed by atoms with Crippen molar-refractivity contribution >= 4 is 0 Å². The molecule has 21 heavy (non-hydrogen) atoms. The van der Waals surface area contributed by atoms with Crippen molar-refractivity contribution in [2.45, 2.75) is 26.2 Å². The van der Waals surface area contributed by atoms with Crippen molar-refractivity contribution in [2.24, 2.45) is 0 Å². The smallest absolute Gasteiger partial charge is 0.123 e. The van der Waals surface area contributed by atoms with Gasteiger partial charge < -0.3 is 4.90 Å². The molecule has 0 amide bonds. The van der Waals surface area contributed by atoms with Gasteiger partial charge in [0, 0.05) is 25.5 Å². The summed E-state index contributed by atoms with van der Waals surface area (Å²) in [6, 6.07) is 11.0. The summed E-state index contributed by atoms with van der Waals surface area (Å²) in [5.41, 5.74) is 2.34. The van der Waals surface area contributed by atoms with E-state index in [1.807, 2.05) is 18.3 Å². The fourth-order valence-electron chi connectivity index (χ4n) is 2.46. The topological polar surface area (TPSA) is 16.1 Å². The first kappa shape index (κ1) is 15.6. The van der Waals surface area contributed by atoms with Crippen molar-refractivity contribution in [2.75, 3.05) is 19.6 Å². The summed E-state index contributed by atoms with van der Waals surface area (Å²) in [7, 11) is 0.